The number of carbonyl (C=O) groups excluding carboxylic acids is 1. The fourth-order valence-corrected chi connectivity index (χ4v) is 1.63. The SMILES string of the molecule is CC(N)(CCCCOc1ccc([N+](=O)[O-])c(F)c1)C(N)=O. The molecule has 7 nitrogen and oxygen atoms in total. The molecule has 1 amide bonds. The molecule has 21 heavy (non-hydrogen) atoms. The summed E-state index contributed by atoms with van der Waals surface area (Å²) in [6.07, 6.45) is 1.63. The van der Waals surface area contributed by atoms with Crippen molar-refractivity contribution in [1.29, 1.82) is 0 Å². The van der Waals surface area contributed by atoms with Gasteiger partial charge < -0.3 is 16.2 Å². The maximum atomic E-state index is 13.3. The van der Waals surface area contributed by atoms with Crippen molar-refractivity contribution in [3.8, 4) is 5.75 Å². The minimum atomic E-state index is -1.06. The summed E-state index contributed by atoms with van der Waals surface area (Å²) in [5.74, 6) is -1.30. The Labute approximate surface area is 121 Å². The molecule has 0 saturated heterocycles. The van der Waals surface area contributed by atoms with E-state index in [2.05, 4.69) is 0 Å². The minimum absolute atomic E-state index is 0.212. The highest BCUT2D eigenvalue weighted by atomic mass is 19.1. The zero-order chi connectivity index (χ0) is 16.0. The average molecular weight is 299 g/mol. The molecule has 116 valence electrons. The number of ether oxygens (including phenoxy) is 1. The first-order valence-electron chi connectivity index (χ1n) is 6.39. The van der Waals surface area contributed by atoms with Gasteiger partial charge in [0.15, 0.2) is 0 Å². The second kappa shape index (κ2) is 6.98. The van der Waals surface area contributed by atoms with Crippen LogP contribution in [-0.4, -0.2) is 23.0 Å². The Bertz CT molecular complexity index is 534. The summed E-state index contributed by atoms with van der Waals surface area (Å²) in [6, 6.07) is 3.35. The molecule has 0 bridgehead atoms. The van der Waals surface area contributed by atoms with Crippen molar-refractivity contribution < 1.29 is 18.8 Å². The van der Waals surface area contributed by atoms with E-state index in [0.717, 1.165) is 12.1 Å². The molecule has 0 spiro atoms. The molecule has 1 atom stereocenters. The smallest absolute Gasteiger partial charge is 0.305 e. The lowest BCUT2D eigenvalue weighted by Gasteiger charge is -2.19. The van der Waals surface area contributed by atoms with Gasteiger partial charge in [-0.3, -0.25) is 14.9 Å². The van der Waals surface area contributed by atoms with E-state index in [1.165, 1.54) is 6.07 Å². The van der Waals surface area contributed by atoms with Crippen LogP contribution in [0.3, 0.4) is 0 Å². The number of hydrogen-bond acceptors (Lipinski definition) is 5. The molecule has 8 heteroatoms. The third-order valence-electron chi connectivity index (χ3n) is 3.04. The fraction of sp³-hybridized carbons (Fsp3) is 0.462. The normalized spacial score (nSPS) is 13.5. The first-order chi connectivity index (χ1) is 9.74. The molecule has 1 aromatic carbocycles. The number of hydrogen-bond donors (Lipinski definition) is 2. The van der Waals surface area contributed by atoms with E-state index in [9.17, 15) is 19.3 Å². The molecule has 1 rings (SSSR count). The lowest BCUT2D eigenvalue weighted by Crippen LogP contribution is -2.49. The maximum Gasteiger partial charge on any atom is 0.305 e. The van der Waals surface area contributed by atoms with E-state index in [-0.39, 0.29) is 12.4 Å². The van der Waals surface area contributed by atoms with E-state index in [1.54, 1.807) is 6.92 Å². The van der Waals surface area contributed by atoms with Gasteiger partial charge in [0, 0.05) is 12.1 Å². The number of primary amides is 1. The van der Waals surface area contributed by atoms with Crippen LogP contribution in [0.5, 0.6) is 5.75 Å². The van der Waals surface area contributed by atoms with E-state index >= 15 is 0 Å². The molecule has 0 aliphatic rings. The van der Waals surface area contributed by atoms with Gasteiger partial charge in [0.1, 0.15) is 5.75 Å². The van der Waals surface area contributed by atoms with Gasteiger partial charge in [0.05, 0.1) is 17.1 Å². The van der Waals surface area contributed by atoms with Crippen LogP contribution in [0, 0.1) is 15.9 Å². The zero-order valence-electron chi connectivity index (χ0n) is 11.7. The van der Waals surface area contributed by atoms with Crippen LogP contribution in [0.25, 0.3) is 0 Å². The molecule has 0 aliphatic carbocycles. The van der Waals surface area contributed by atoms with Crippen molar-refractivity contribution in [3.05, 3.63) is 34.1 Å². The molecular weight excluding hydrogens is 281 g/mol. The minimum Gasteiger partial charge on any atom is -0.493 e. The van der Waals surface area contributed by atoms with E-state index < -0.39 is 27.9 Å². The van der Waals surface area contributed by atoms with Gasteiger partial charge in [-0.15, -0.1) is 0 Å². The van der Waals surface area contributed by atoms with Gasteiger partial charge in [0.2, 0.25) is 11.7 Å². The monoisotopic (exact) mass is 299 g/mol. The molecule has 0 aliphatic heterocycles. The summed E-state index contributed by atoms with van der Waals surface area (Å²) in [5.41, 5.74) is 9.18. The highest BCUT2D eigenvalue weighted by Gasteiger charge is 2.24. The van der Waals surface area contributed by atoms with Crippen LogP contribution in [0.2, 0.25) is 0 Å². The van der Waals surface area contributed by atoms with Crippen molar-refractivity contribution >= 4 is 11.6 Å². The topological polar surface area (TPSA) is 121 Å². The molecule has 0 saturated carbocycles. The number of nitrogens with zero attached hydrogens (tertiary/aromatic N) is 1. The molecule has 1 aromatic rings. The Kier molecular flexibility index (Phi) is 5.60. The number of unbranched alkanes of at least 4 members (excludes halogenated alkanes) is 1. The molecule has 0 aromatic heterocycles. The summed E-state index contributed by atoms with van der Waals surface area (Å²) in [5, 5.41) is 10.5. The number of carbonyl (C=O) groups is 1. The van der Waals surface area contributed by atoms with Gasteiger partial charge >= 0.3 is 5.69 Å². The summed E-state index contributed by atoms with van der Waals surface area (Å²) < 4.78 is 18.6. The molecule has 1 unspecified atom stereocenters. The quantitative estimate of drug-likeness (QED) is 0.428. The number of nitro benzene ring substituents is 1. The lowest BCUT2D eigenvalue weighted by molar-refractivity contribution is -0.387. The van der Waals surface area contributed by atoms with Gasteiger partial charge in [-0.1, -0.05) is 0 Å². The van der Waals surface area contributed by atoms with Crippen LogP contribution >= 0.6 is 0 Å². The van der Waals surface area contributed by atoms with Crippen molar-refractivity contribution in [2.24, 2.45) is 11.5 Å². The van der Waals surface area contributed by atoms with Crippen LogP contribution < -0.4 is 16.2 Å². The Hall–Kier alpha value is -2.22. The highest BCUT2D eigenvalue weighted by Crippen LogP contribution is 2.22. The Morgan fingerprint density at radius 1 is 1.48 bits per heavy atom. The third-order valence-corrected chi connectivity index (χ3v) is 3.04. The van der Waals surface area contributed by atoms with Crippen molar-refractivity contribution in [1.82, 2.24) is 0 Å². The van der Waals surface area contributed by atoms with Crippen LogP contribution in [0.1, 0.15) is 26.2 Å². The largest absolute Gasteiger partial charge is 0.493 e. The van der Waals surface area contributed by atoms with Gasteiger partial charge in [-0.2, -0.15) is 4.39 Å². The zero-order valence-corrected chi connectivity index (χ0v) is 11.7. The lowest BCUT2D eigenvalue weighted by atomic mass is 9.96. The van der Waals surface area contributed by atoms with E-state index in [0.29, 0.717) is 19.3 Å². The number of halogens is 1. The van der Waals surface area contributed by atoms with Gasteiger partial charge in [-0.05, 0) is 32.3 Å². The molecule has 0 radical (unpaired) electrons. The third kappa shape index (κ3) is 4.99. The summed E-state index contributed by atoms with van der Waals surface area (Å²) in [4.78, 5) is 20.7. The van der Waals surface area contributed by atoms with E-state index in [1.807, 2.05) is 0 Å². The molecule has 0 fully saturated rings. The summed E-state index contributed by atoms with van der Waals surface area (Å²) >= 11 is 0. The Morgan fingerprint density at radius 2 is 2.14 bits per heavy atom. The number of benzene rings is 1. The standard InChI is InChI=1S/C13H18FN3O4/c1-13(16,12(15)18)6-2-3-7-21-9-4-5-11(17(19)20)10(14)8-9/h4-5,8H,2-3,6-7,16H2,1H3,(H2,15,18). The summed E-state index contributed by atoms with van der Waals surface area (Å²) in [7, 11) is 0. The van der Waals surface area contributed by atoms with Crippen molar-refractivity contribution in [3.63, 3.8) is 0 Å². The fourth-order valence-electron chi connectivity index (χ4n) is 1.63. The van der Waals surface area contributed by atoms with Crippen molar-refractivity contribution in [2.45, 2.75) is 31.7 Å². The second-order valence-electron chi connectivity index (χ2n) is 4.96. The summed E-state index contributed by atoms with van der Waals surface area (Å²) in [6.45, 7) is 1.84. The first kappa shape index (κ1) is 16.8. The van der Waals surface area contributed by atoms with Crippen LogP contribution in [0.15, 0.2) is 18.2 Å². The second-order valence-corrected chi connectivity index (χ2v) is 4.96. The number of nitrogens with two attached hydrogens (primary N) is 2. The highest BCUT2D eigenvalue weighted by molar-refractivity contribution is 5.83. The number of nitro groups is 1. The maximum absolute atomic E-state index is 13.3. The molecule has 4 N–H and O–H groups in total. The van der Waals surface area contributed by atoms with E-state index in [4.69, 9.17) is 16.2 Å². The Balaban J connectivity index is 2.39. The molecule has 0 heterocycles. The average Bonchev–Trinajstić information content (AvgIpc) is 2.37. The predicted octanol–water partition coefficient (Wildman–Crippen LogP) is 1.49. The van der Waals surface area contributed by atoms with Crippen LogP contribution in [0.4, 0.5) is 10.1 Å². The predicted molar refractivity (Wildman–Crippen MR) is 74.2 cm³/mol. The van der Waals surface area contributed by atoms with Crippen LogP contribution in [-0.2, 0) is 4.79 Å². The first-order valence-corrected chi connectivity index (χ1v) is 6.39. The Morgan fingerprint density at radius 3 is 2.67 bits per heavy atom. The molecular formula is C13H18FN3O4. The number of amides is 1. The van der Waals surface area contributed by atoms with Crippen molar-refractivity contribution in [2.75, 3.05) is 6.61 Å². The van der Waals surface area contributed by atoms with Gasteiger partial charge in [0.25, 0.3) is 0 Å². The van der Waals surface area contributed by atoms with Gasteiger partial charge in [-0.25, -0.2) is 0 Å². The number of rotatable bonds is 8.